The number of hydrogen-bond donors (Lipinski definition) is 2. The van der Waals surface area contributed by atoms with Crippen LogP contribution in [-0.2, 0) is 16.8 Å². The van der Waals surface area contributed by atoms with Crippen LogP contribution in [0.5, 0.6) is 5.75 Å². The van der Waals surface area contributed by atoms with E-state index in [0.29, 0.717) is 17.9 Å². The zero-order valence-electron chi connectivity index (χ0n) is 14.0. The van der Waals surface area contributed by atoms with Crippen molar-refractivity contribution in [1.82, 2.24) is 0 Å². The van der Waals surface area contributed by atoms with Crippen LogP contribution in [0.3, 0.4) is 0 Å². The molecule has 0 aliphatic heterocycles. The van der Waals surface area contributed by atoms with Gasteiger partial charge in [0.2, 0.25) is 0 Å². The minimum absolute atomic E-state index is 0.0550. The van der Waals surface area contributed by atoms with Gasteiger partial charge in [-0.05, 0) is 40.8 Å². The Morgan fingerprint density at radius 1 is 1.17 bits per heavy atom. The molecular formula is C19H23NO3. The quantitative estimate of drug-likeness (QED) is 0.836. The predicted molar refractivity (Wildman–Crippen MR) is 91.9 cm³/mol. The minimum Gasteiger partial charge on any atom is -0.506 e. The van der Waals surface area contributed by atoms with Gasteiger partial charge in [0.05, 0.1) is 12.3 Å². The lowest BCUT2D eigenvalue weighted by Crippen LogP contribution is -2.15. The summed E-state index contributed by atoms with van der Waals surface area (Å²) in [7, 11) is 1.61. The van der Waals surface area contributed by atoms with Crippen LogP contribution in [0.4, 0.5) is 5.69 Å². The Kier molecular flexibility index (Phi) is 5.06. The molecule has 0 bridgehead atoms. The number of phenolic OH excluding ortho intramolecular Hbond substituents is 1. The molecule has 0 saturated carbocycles. The van der Waals surface area contributed by atoms with E-state index in [1.807, 2.05) is 24.3 Å². The Morgan fingerprint density at radius 2 is 1.91 bits per heavy atom. The van der Waals surface area contributed by atoms with E-state index in [1.165, 1.54) is 0 Å². The van der Waals surface area contributed by atoms with Crippen molar-refractivity contribution < 1.29 is 14.6 Å². The Morgan fingerprint density at radius 3 is 2.57 bits per heavy atom. The highest BCUT2D eigenvalue weighted by molar-refractivity contribution is 6.05. The first-order chi connectivity index (χ1) is 10.8. The summed E-state index contributed by atoms with van der Waals surface area (Å²) < 4.78 is 5.08. The first-order valence-corrected chi connectivity index (χ1v) is 7.54. The fourth-order valence-corrected chi connectivity index (χ4v) is 2.27. The van der Waals surface area contributed by atoms with Gasteiger partial charge in [0, 0.05) is 12.7 Å². The van der Waals surface area contributed by atoms with Crippen molar-refractivity contribution in [3.63, 3.8) is 0 Å². The average Bonchev–Trinajstić information content (AvgIpc) is 2.49. The van der Waals surface area contributed by atoms with E-state index in [-0.39, 0.29) is 17.1 Å². The van der Waals surface area contributed by atoms with Gasteiger partial charge in [-0.1, -0.05) is 39.0 Å². The molecule has 0 heterocycles. The largest absolute Gasteiger partial charge is 0.506 e. The molecule has 2 aromatic carbocycles. The Hall–Kier alpha value is -2.33. The smallest absolute Gasteiger partial charge is 0.255 e. The summed E-state index contributed by atoms with van der Waals surface area (Å²) in [6, 6.07) is 12.5. The standard InChI is InChI=1S/C19H23NO3/c1-19(2,3)15-8-9-17(21)16(11-15)20-18(22)14-7-5-6-13(10-14)12-23-4/h5-11,21H,12H2,1-4H3,(H,20,22). The number of benzene rings is 2. The summed E-state index contributed by atoms with van der Waals surface area (Å²) in [5.41, 5.74) is 2.84. The van der Waals surface area contributed by atoms with Crippen LogP contribution in [0.25, 0.3) is 0 Å². The lowest BCUT2D eigenvalue weighted by atomic mass is 9.87. The van der Waals surface area contributed by atoms with Crippen LogP contribution in [-0.4, -0.2) is 18.1 Å². The van der Waals surface area contributed by atoms with Crippen molar-refractivity contribution in [3.05, 3.63) is 59.2 Å². The number of rotatable bonds is 4. The van der Waals surface area contributed by atoms with Crippen molar-refractivity contribution >= 4 is 11.6 Å². The summed E-state index contributed by atoms with van der Waals surface area (Å²) in [6.07, 6.45) is 0. The first-order valence-electron chi connectivity index (χ1n) is 7.54. The van der Waals surface area contributed by atoms with Gasteiger partial charge in [0.1, 0.15) is 5.75 Å². The van der Waals surface area contributed by atoms with Crippen molar-refractivity contribution in [1.29, 1.82) is 0 Å². The van der Waals surface area contributed by atoms with Gasteiger partial charge in [0.15, 0.2) is 0 Å². The summed E-state index contributed by atoms with van der Waals surface area (Å²) in [5, 5.41) is 12.8. The van der Waals surface area contributed by atoms with Crippen LogP contribution in [0.15, 0.2) is 42.5 Å². The molecule has 0 aliphatic rings. The molecule has 1 amide bonds. The molecule has 0 unspecified atom stereocenters. The van der Waals surface area contributed by atoms with Crippen LogP contribution >= 0.6 is 0 Å². The Bertz CT molecular complexity index is 702. The van der Waals surface area contributed by atoms with Crippen molar-refractivity contribution in [3.8, 4) is 5.75 Å². The van der Waals surface area contributed by atoms with Gasteiger partial charge < -0.3 is 15.2 Å². The second-order valence-electron chi connectivity index (χ2n) is 6.57. The molecule has 0 saturated heterocycles. The van der Waals surface area contributed by atoms with E-state index in [9.17, 15) is 9.90 Å². The molecule has 23 heavy (non-hydrogen) atoms. The highest BCUT2D eigenvalue weighted by Gasteiger charge is 2.17. The van der Waals surface area contributed by atoms with Gasteiger partial charge in [-0.2, -0.15) is 0 Å². The molecule has 2 rings (SSSR count). The van der Waals surface area contributed by atoms with Crippen molar-refractivity contribution in [2.45, 2.75) is 32.8 Å². The van der Waals surface area contributed by atoms with Gasteiger partial charge in [-0.15, -0.1) is 0 Å². The van der Waals surface area contributed by atoms with Gasteiger partial charge in [-0.3, -0.25) is 4.79 Å². The van der Waals surface area contributed by atoms with Crippen LogP contribution in [0, 0.1) is 0 Å². The number of carbonyl (C=O) groups is 1. The van der Waals surface area contributed by atoms with Crippen LogP contribution in [0.1, 0.15) is 42.3 Å². The maximum atomic E-state index is 12.4. The molecule has 2 aromatic rings. The topological polar surface area (TPSA) is 58.6 Å². The minimum atomic E-state index is -0.260. The highest BCUT2D eigenvalue weighted by atomic mass is 16.5. The molecule has 122 valence electrons. The SMILES string of the molecule is COCc1cccc(C(=O)Nc2cc(C(C)(C)C)ccc2O)c1. The van der Waals surface area contributed by atoms with Gasteiger partial charge in [-0.25, -0.2) is 0 Å². The molecule has 2 N–H and O–H groups in total. The third-order valence-corrected chi connectivity index (χ3v) is 3.61. The number of nitrogens with one attached hydrogen (secondary N) is 1. The van der Waals surface area contributed by atoms with E-state index in [2.05, 4.69) is 26.1 Å². The molecular weight excluding hydrogens is 290 g/mol. The summed E-state index contributed by atoms with van der Waals surface area (Å²) in [5.74, 6) is -0.205. The van der Waals surface area contributed by atoms with Crippen LogP contribution in [0.2, 0.25) is 0 Å². The number of ether oxygens (including phenoxy) is 1. The first kappa shape index (κ1) is 17.0. The van der Waals surface area contributed by atoms with Crippen LogP contribution < -0.4 is 5.32 Å². The number of hydrogen-bond acceptors (Lipinski definition) is 3. The monoisotopic (exact) mass is 313 g/mol. The molecule has 4 nitrogen and oxygen atoms in total. The third-order valence-electron chi connectivity index (χ3n) is 3.61. The normalized spacial score (nSPS) is 11.3. The predicted octanol–water partition coefficient (Wildman–Crippen LogP) is 4.09. The average molecular weight is 313 g/mol. The number of anilines is 1. The summed E-state index contributed by atoms with van der Waals surface area (Å²) >= 11 is 0. The number of amides is 1. The second kappa shape index (κ2) is 6.84. The molecule has 0 radical (unpaired) electrons. The molecule has 0 atom stereocenters. The number of methoxy groups -OCH3 is 1. The molecule has 0 aliphatic carbocycles. The molecule has 0 aromatic heterocycles. The zero-order valence-corrected chi connectivity index (χ0v) is 14.0. The Labute approximate surface area is 137 Å². The number of aromatic hydroxyl groups is 1. The summed E-state index contributed by atoms with van der Waals surface area (Å²) in [4.78, 5) is 12.4. The maximum absolute atomic E-state index is 12.4. The zero-order chi connectivity index (χ0) is 17.0. The number of phenols is 1. The third kappa shape index (κ3) is 4.33. The maximum Gasteiger partial charge on any atom is 0.255 e. The lowest BCUT2D eigenvalue weighted by molar-refractivity contribution is 0.102. The highest BCUT2D eigenvalue weighted by Crippen LogP contribution is 2.31. The molecule has 0 spiro atoms. The molecule has 4 heteroatoms. The van der Waals surface area contributed by atoms with Crippen molar-refractivity contribution in [2.75, 3.05) is 12.4 Å². The molecule has 0 fully saturated rings. The fourth-order valence-electron chi connectivity index (χ4n) is 2.27. The number of carbonyl (C=O) groups excluding carboxylic acids is 1. The van der Waals surface area contributed by atoms with E-state index < -0.39 is 0 Å². The van der Waals surface area contributed by atoms with E-state index >= 15 is 0 Å². The van der Waals surface area contributed by atoms with E-state index in [1.54, 1.807) is 25.3 Å². The van der Waals surface area contributed by atoms with Gasteiger partial charge in [0.25, 0.3) is 5.91 Å². The fraction of sp³-hybridized carbons (Fsp3) is 0.316. The summed E-state index contributed by atoms with van der Waals surface area (Å²) in [6.45, 7) is 6.70. The van der Waals surface area contributed by atoms with Gasteiger partial charge >= 0.3 is 0 Å². The lowest BCUT2D eigenvalue weighted by Gasteiger charge is -2.20. The van der Waals surface area contributed by atoms with E-state index in [4.69, 9.17) is 4.74 Å². The van der Waals surface area contributed by atoms with E-state index in [0.717, 1.165) is 11.1 Å². The second-order valence-corrected chi connectivity index (χ2v) is 6.57. The Balaban J connectivity index is 2.25. The van der Waals surface area contributed by atoms with Crippen molar-refractivity contribution in [2.24, 2.45) is 0 Å².